The van der Waals surface area contributed by atoms with Gasteiger partial charge in [-0.25, -0.2) is 0 Å². The van der Waals surface area contributed by atoms with Crippen molar-refractivity contribution in [1.29, 1.82) is 0 Å². The third kappa shape index (κ3) is 2.39. The zero-order valence-corrected chi connectivity index (χ0v) is 13.6. The largest absolute Gasteiger partial charge is 0.318 e. The van der Waals surface area contributed by atoms with Gasteiger partial charge in [0.1, 0.15) is 6.04 Å². The lowest BCUT2D eigenvalue weighted by Gasteiger charge is -2.45. The molecular weight excluding hydrogens is 328 g/mol. The van der Waals surface area contributed by atoms with E-state index < -0.39 is 6.04 Å². The van der Waals surface area contributed by atoms with Gasteiger partial charge in [-0.1, -0.05) is 34.1 Å². The number of nitrogens with zero attached hydrogens (tertiary/aromatic N) is 1. The lowest BCUT2D eigenvalue weighted by molar-refractivity contribution is -0.126. The molecule has 3 rings (SSSR count). The predicted octanol–water partition coefficient (Wildman–Crippen LogP) is 3.48. The monoisotopic (exact) mass is 344 g/mol. The molecule has 0 bridgehead atoms. The van der Waals surface area contributed by atoms with Gasteiger partial charge < -0.3 is 10.6 Å². The van der Waals surface area contributed by atoms with E-state index >= 15 is 0 Å². The number of hydrogen-bond donors (Lipinski definition) is 1. The molecule has 0 aliphatic carbocycles. The molecule has 108 valence electrons. The molecule has 2 aromatic rings. The second-order valence-corrected chi connectivity index (χ2v) is 6.41. The summed E-state index contributed by atoms with van der Waals surface area (Å²) in [6, 6.07) is 13.5. The normalized spacial score (nSPS) is 21.3. The first-order valence-electron chi connectivity index (χ1n) is 6.90. The van der Waals surface area contributed by atoms with E-state index in [1.165, 1.54) is 11.1 Å². The fourth-order valence-electron chi connectivity index (χ4n) is 2.69. The van der Waals surface area contributed by atoms with Gasteiger partial charge in [-0.15, -0.1) is 0 Å². The predicted molar refractivity (Wildman–Crippen MR) is 88.3 cm³/mol. The zero-order valence-electron chi connectivity index (χ0n) is 12.0. The van der Waals surface area contributed by atoms with Gasteiger partial charge in [-0.3, -0.25) is 4.79 Å². The minimum absolute atomic E-state index is 0.0221. The van der Waals surface area contributed by atoms with Gasteiger partial charge >= 0.3 is 0 Å². The number of amides is 1. The maximum absolute atomic E-state index is 12.2. The van der Waals surface area contributed by atoms with Gasteiger partial charge in [-0.05, 0) is 54.8 Å². The van der Waals surface area contributed by atoms with Crippen molar-refractivity contribution in [2.24, 2.45) is 5.73 Å². The maximum Gasteiger partial charge on any atom is 0.247 e. The van der Waals surface area contributed by atoms with E-state index in [-0.39, 0.29) is 11.9 Å². The van der Waals surface area contributed by atoms with Crippen molar-refractivity contribution < 1.29 is 4.79 Å². The minimum Gasteiger partial charge on any atom is -0.318 e. The molecule has 0 unspecified atom stereocenters. The van der Waals surface area contributed by atoms with E-state index in [2.05, 4.69) is 29.8 Å². The van der Waals surface area contributed by atoms with Crippen LogP contribution in [0.15, 0.2) is 46.9 Å². The molecule has 0 spiro atoms. The first kappa shape index (κ1) is 14.3. The van der Waals surface area contributed by atoms with Gasteiger partial charge in [0.2, 0.25) is 5.91 Å². The Hall–Kier alpha value is -1.65. The molecule has 2 atom stereocenters. The number of β-lactam (4-membered cyclic amide) rings is 1. The lowest BCUT2D eigenvalue weighted by Crippen LogP contribution is -2.63. The standard InChI is InChI=1S/C17H17BrN2O/c1-10-3-8-14(9-11(10)2)20-16(15(19)17(20)21)12-4-6-13(18)7-5-12/h3-9,15-16H,19H2,1-2H3/t15-,16-/m0/s1. The molecule has 1 heterocycles. The molecule has 21 heavy (non-hydrogen) atoms. The van der Waals surface area contributed by atoms with E-state index in [9.17, 15) is 4.79 Å². The highest BCUT2D eigenvalue weighted by atomic mass is 79.9. The SMILES string of the molecule is Cc1ccc(N2C(=O)[C@@H](N)[C@@H]2c2ccc(Br)cc2)cc1C. The second kappa shape index (κ2) is 5.28. The molecule has 0 radical (unpaired) electrons. The van der Waals surface area contributed by atoms with Crippen molar-refractivity contribution >= 4 is 27.5 Å². The molecule has 3 nitrogen and oxygen atoms in total. The molecule has 2 aromatic carbocycles. The van der Waals surface area contributed by atoms with Crippen LogP contribution in [0.2, 0.25) is 0 Å². The molecule has 1 aliphatic rings. The lowest BCUT2D eigenvalue weighted by atomic mass is 9.88. The molecule has 1 fully saturated rings. The van der Waals surface area contributed by atoms with Crippen LogP contribution < -0.4 is 10.6 Å². The first-order chi connectivity index (χ1) is 9.99. The Balaban J connectivity index is 1.98. The first-order valence-corrected chi connectivity index (χ1v) is 7.69. The van der Waals surface area contributed by atoms with Crippen molar-refractivity contribution in [2.75, 3.05) is 4.90 Å². The summed E-state index contributed by atoms with van der Waals surface area (Å²) in [5, 5.41) is 0. The summed E-state index contributed by atoms with van der Waals surface area (Å²) in [4.78, 5) is 14.0. The van der Waals surface area contributed by atoms with Crippen molar-refractivity contribution in [1.82, 2.24) is 0 Å². The Morgan fingerprint density at radius 3 is 2.33 bits per heavy atom. The molecule has 0 saturated carbocycles. The number of carbonyl (C=O) groups is 1. The van der Waals surface area contributed by atoms with E-state index in [0.717, 1.165) is 15.7 Å². The van der Waals surface area contributed by atoms with E-state index in [4.69, 9.17) is 5.73 Å². The van der Waals surface area contributed by atoms with Crippen LogP contribution in [0, 0.1) is 13.8 Å². The molecule has 2 N–H and O–H groups in total. The molecule has 1 saturated heterocycles. The topological polar surface area (TPSA) is 46.3 Å². The summed E-state index contributed by atoms with van der Waals surface area (Å²) in [6.07, 6.45) is 0. The number of carbonyl (C=O) groups excluding carboxylic acids is 1. The van der Waals surface area contributed by atoms with Crippen molar-refractivity contribution in [3.05, 3.63) is 63.6 Å². The summed E-state index contributed by atoms with van der Waals surface area (Å²) in [6.45, 7) is 4.12. The number of rotatable bonds is 2. The van der Waals surface area contributed by atoms with Crippen LogP contribution in [0.25, 0.3) is 0 Å². The van der Waals surface area contributed by atoms with Crippen molar-refractivity contribution in [3.63, 3.8) is 0 Å². The smallest absolute Gasteiger partial charge is 0.247 e. The zero-order chi connectivity index (χ0) is 15.1. The summed E-state index contributed by atoms with van der Waals surface area (Å²) < 4.78 is 1.02. The molecule has 1 amide bonds. The molecular formula is C17H17BrN2O. The van der Waals surface area contributed by atoms with Crippen molar-refractivity contribution in [2.45, 2.75) is 25.9 Å². The number of aryl methyl sites for hydroxylation is 2. The molecule has 1 aliphatic heterocycles. The Morgan fingerprint density at radius 2 is 1.71 bits per heavy atom. The van der Waals surface area contributed by atoms with E-state index in [0.29, 0.717) is 0 Å². The number of nitrogens with two attached hydrogens (primary N) is 1. The van der Waals surface area contributed by atoms with Crippen LogP contribution in [0.3, 0.4) is 0 Å². The van der Waals surface area contributed by atoms with Gasteiger partial charge in [-0.2, -0.15) is 0 Å². The van der Waals surface area contributed by atoms with E-state index in [1.807, 2.05) is 42.5 Å². The highest BCUT2D eigenvalue weighted by Gasteiger charge is 2.46. The summed E-state index contributed by atoms with van der Waals surface area (Å²) >= 11 is 3.43. The average molecular weight is 345 g/mol. The highest BCUT2D eigenvalue weighted by molar-refractivity contribution is 9.10. The van der Waals surface area contributed by atoms with Gasteiger partial charge in [0.05, 0.1) is 6.04 Å². The van der Waals surface area contributed by atoms with Gasteiger partial charge in [0, 0.05) is 10.2 Å². The number of halogens is 1. The number of hydrogen-bond acceptors (Lipinski definition) is 2. The molecule has 0 aromatic heterocycles. The van der Waals surface area contributed by atoms with Crippen LogP contribution in [0.5, 0.6) is 0 Å². The summed E-state index contributed by atoms with van der Waals surface area (Å²) in [5.74, 6) is -0.0221. The average Bonchev–Trinajstić information content (AvgIpc) is 2.48. The summed E-state index contributed by atoms with van der Waals surface area (Å²) in [7, 11) is 0. The highest BCUT2D eigenvalue weighted by Crippen LogP contribution is 2.38. The van der Waals surface area contributed by atoms with Crippen LogP contribution in [0.1, 0.15) is 22.7 Å². The second-order valence-electron chi connectivity index (χ2n) is 5.50. The fourth-order valence-corrected chi connectivity index (χ4v) is 2.96. The van der Waals surface area contributed by atoms with Crippen LogP contribution in [0.4, 0.5) is 5.69 Å². The summed E-state index contributed by atoms with van der Waals surface area (Å²) in [5.41, 5.74) is 10.4. The minimum atomic E-state index is -0.465. The van der Waals surface area contributed by atoms with E-state index in [1.54, 1.807) is 4.90 Å². The Bertz CT molecular complexity index is 696. The Labute approximate surface area is 132 Å². The van der Waals surface area contributed by atoms with Gasteiger partial charge in [0.15, 0.2) is 0 Å². The van der Waals surface area contributed by atoms with Crippen molar-refractivity contribution in [3.8, 4) is 0 Å². The van der Waals surface area contributed by atoms with Crippen LogP contribution in [-0.2, 0) is 4.79 Å². The maximum atomic E-state index is 12.2. The van der Waals surface area contributed by atoms with Gasteiger partial charge in [0.25, 0.3) is 0 Å². The third-order valence-corrected chi connectivity index (χ3v) is 4.65. The molecule has 4 heteroatoms. The van der Waals surface area contributed by atoms with Crippen LogP contribution >= 0.6 is 15.9 Å². The van der Waals surface area contributed by atoms with Crippen LogP contribution in [-0.4, -0.2) is 11.9 Å². The quantitative estimate of drug-likeness (QED) is 0.847. The fraction of sp³-hybridized carbons (Fsp3) is 0.235. The third-order valence-electron chi connectivity index (χ3n) is 4.12. The Kier molecular flexibility index (Phi) is 3.59. The number of benzene rings is 2. The Morgan fingerprint density at radius 1 is 1.05 bits per heavy atom. The number of anilines is 1.